The van der Waals surface area contributed by atoms with Crippen LogP contribution >= 0.6 is 11.6 Å². The van der Waals surface area contributed by atoms with Crippen LogP contribution in [-0.2, 0) is 23.5 Å². The molecule has 1 atom stereocenters. The number of nitrogens with zero attached hydrogens (tertiary/aromatic N) is 2. The molecule has 1 aromatic carbocycles. The first-order valence-corrected chi connectivity index (χ1v) is 8.14. The summed E-state index contributed by atoms with van der Waals surface area (Å²) in [5.74, 6) is 0. The lowest BCUT2D eigenvalue weighted by Gasteiger charge is -2.15. The topological polar surface area (TPSA) is 84.2 Å². The summed E-state index contributed by atoms with van der Waals surface area (Å²) in [4.78, 5) is 3.78. The summed E-state index contributed by atoms with van der Waals surface area (Å²) in [5, 5.41) is 9.18. The van der Waals surface area contributed by atoms with Gasteiger partial charge in [0.25, 0.3) is 10.0 Å². The van der Waals surface area contributed by atoms with Crippen molar-refractivity contribution in [3.8, 4) is 0 Å². The van der Waals surface area contributed by atoms with E-state index in [1.807, 2.05) is 30.3 Å². The van der Waals surface area contributed by atoms with E-state index in [4.69, 9.17) is 11.6 Å². The van der Waals surface area contributed by atoms with Crippen molar-refractivity contribution >= 4 is 21.6 Å². The lowest BCUT2D eigenvalue weighted by atomic mass is 10.1. The molecule has 6 nitrogen and oxygen atoms in total. The molecule has 1 heterocycles. The van der Waals surface area contributed by atoms with Crippen molar-refractivity contribution in [2.24, 2.45) is 7.05 Å². The van der Waals surface area contributed by atoms with Crippen LogP contribution in [0.1, 0.15) is 5.56 Å². The molecule has 0 fully saturated rings. The standard InChI is InChI=1S/C13H16ClN3O3S/c1-17-9-15-13(12(17)14)21(19,20)16-11(8-18)7-10-5-3-2-4-6-10/h2-6,9,11,16,18H,7-8H2,1H3/t11-/m0/s1. The zero-order valence-electron chi connectivity index (χ0n) is 11.4. The van der Waals surface area contributed by atoms with Gasteiger partial charge >= 0.3 is 0 Å². The Morgan fingerprint density at radius 1 is 1.38 bits per heavy atom. The number of nitrogens with one attached hydrogen (secondary N) is 1. The minimum absolute atomic E-state index is 0.0268. The van der Waals surface area contributed by atoms with Gasteiger partial charge in [-0.05, 0) is 12.0 Å². The monoisotopic (exact) mass is 329 g/mol. The van der Waals surface area contributed by atoms with E-state index in [-0.39, 0.29) is 16.8 Å². The van der Waals surface area contributed by atoms with Gasteiger partial charge in [-0.3, -0.25) is 0 Å². The molecular weight excluding hydrogens is 314 g/mol. The molecule has 0 aliphatic heterocycles. The molecule has 0 spiro atoms. The van der Waals surface area contributed by atoms with Crippen molar-refractivity contribution in [2.45, 2.75) is 17.5 Å². The van der Waals surface area contributed by atoms with Gasteiger partial charge in [-0.15, -0.1) is 0 Å². The summed E-state index contributed by atoms with van der Waals surface area (Å²) in [5.41, 5.74) is 0.923. The molecule has 0 aliphatic carbocycles. The van der Waals surface area contributed by atoms with E-state index in [1.54, 1.807) is 7.05 Å². The van der Waals surface area contributed by atoms with E-state index in [2.05, 4.69) is 9.71 Å². The second-order valence-electron chi connectivity index (χ2n) is 4.64. The summed E-state index contributed by atoms with van der Waals surface area (Å²) in [7, 11) is -2.28. The maximum atomic E-state index is 12.2. The molecule has 2 rings (SSSR count). The average molecular weight is 330 g/mol. The highest BCUT2D eigenvalue weighted by Gasteiger charge is 2.25. The highest BCUT2D eigenvalue weighted by atomic mass is 35.5. The summed E-state index contributed by atoms with van der Waals surface area (Å²) in [6, 6.07) is 8.67. The second kappa shape index (κ2) is 6.57. The first-order chi connectivity index (χ1) is 9.94. The quantitative estimate of drug-likeness (QED) is 0.826. The van der Waals surface area contributed by atoms with E-state index >= 15 is 0 Å². The molecule has 0 radical (unpaired) electrons. The van der Waals surface area contributed by atoms with Crippen LogP contribution in [0.2, 0.25) is 5.15 Å². The Bertz CT molecular complexity index is 701. The van der Waals surface area contributed by atoms with Gasteiger partial charge in [-0.25, -0.2) is 18.1 Å². The number of aryl methyl sites for hydroxylation is 1. The molecule has 8 heteroatoms. The van der Waals surface area contributed by atoms with Gasteiger partial charge in [0.15, 0.2) is 0 Å². The molecule has 2 N–H and O–H groups in total. The Morgan fingerprint density at radius 3 is 2.57 bits per heavy atom. The Hall–Kier alpha value is -1.41. The Morgan fingerprint density at radius 2 is 2.05 bits per heavy atom. The fraction of sp³-hybridized carbons (Fsp3) is 0.308. The minimum Gasteiger partial charge on any atom is -0.395 e. The molecular formula is C13H16ClN3O3S. The number of benzene rings is 1. The third-order valence-electron chi connectivity index (χ3n) is 2.96. The number of aromatic nitrogens is 2. The van der Waals surface area contributed by atoms with Crippen molar-refractivity contribution in [3.63, 3.8) is 0 Å². The van der Waals surface area contributed by atoms with E-state index in [9.17, 15) is 13.5 Å². The van der Waals surface area contributed by atoms with Crippen LogP contribution in [0.5, 0.6) is 0 Å². The van der Waals surface area contributed by atoms with E-state index in [1.165, 1.54) is 10.9 Å². The molecule has 0 saturated heterocycles. The zero-order valence-corrected chi connectivity index (χ0v) is 13.0. The number of sulfonamides is 1. The molecule has 2 aromatic rings. The zero-order chi connectivity index (χ0) is 15.5. The number of rotatable bonds is 6. The smallest absolute Gasteiger partial charge is 0.261 e. The van der Waals surface area contributed by atoms with Crippen LogP contribution in [0.15, 0.2) is 41.7 Å². The van der Waals surface area contributed by atoms with Crippen LogP contribution in [0.3, 0.4) is 0 Å². The van der Waals surface area contributed by atoms with Crippen LogP contribution in [0.25, 0.3) is 0 Å². The number of hydrogen-bond donors (Lipinski definition) is 2. The highest BCUT2D eigenvalue weighted by Crippen LogP contribution is 2.19. The maximum Gasteiger partial charge on any atom is 0.261 e. The molecule has 114 valence electrons. The van der Waals surface area contributed by atoms with Crippen molar-refractivity contribution < 1.29 is 13.5 Å². The number of halogens is 1. The van der Waals surface area contributed by atoms with Crippen molar-refractivity contribution in [1.82, 2.24) is 14.3 Å². The molecule has 21 heavy (non-hydrogen) atoms. The largest absolute Gasteiger partial charge is 0.395 e. The lowest BCUT2D eigenvalue weighted by molar-refractivity contribution is 0.256. The molecule has 1 aromatic heterocycles. The van der Waals surface area contributed by atoms with Gasteiger partial charge in [0.1, 0.15) is 5.15 Å². The fourth-order valence-corrected chi connectivity index (χ4v) is 3.55. The number of imidazole rings is 1. The predicted octanol–water partition coefficient (Wildman–Crippen LogP) is 0.955. The van der Waals surface area contributed by atoms with E-state index < -0.39 is 16.1 Å². The molecule has 0 bridgehead atoms. The van der Waals surface area contributed by atoms with Crippen LogP contribution in [-0.4, -0.2) is 35.7 Å². The summed E-state index contributed by atoms with van der Waals surface area (Å²) < 4.78 is 28.3. The first-order valence-electron chi connectivity index (χ1n) is 6.28. The summed E-state index contributed by atoms with van der Waals surface area (Å²) >= 11 is 5.90. The van der Waals surface area contributed by atoms with Crippen LogP contribution in [0.4, 0.5) is 0 Å². The Labute approximate surface area is 128 Å². The number of aliphatic hydroxyl groups excluding tert-OH is 1. The Balaban J connectivity index is 2.16. The summed E-state index contributed by atoms with van der Waals surface area (Å²) in [6.45, 7) is -0.321. The third kappa shape index (κ3) is 3.82. The SMILES string of the molecule is Cn1cnc(S(=O)(=O)N[C@H](CO)Cc2ccccc2)c1Cl. The van der Waals surface area contributed by atoms with Crippen molar-refractivity contribution in [3.05, 3.63) is 47.4 Å². The van der Waals surface area contributed by atoms with Gasteiger partial charge in [-0.2, -0.15) is 0 Å². The molecule has 0 unspecified atom stereocenters. The molecule has 0 aliphatic rings. The first kappa shape index (κ1) is 16.0. The van der Waals surface area contributed by atoms with Gasteiger partial charge in [0, 0.05) is 13.1 Å². The average Bonchev–Trinajstić information content (AvgIpc) is 2.80. The number of aliphatic hydroxyl groups is 1. The normalized spacial score (nSPS) is 13.3. The highest BCUT2D eigenvalue weighted by molar-refractivity contribution is 7.89. The van der Waals surface area contributed by atoms with Gasteiger partial charge in [0.2, 0.25) is 5.03 Å². The predicted molar refractivity (Wildman–Crippen MR) is 79.6 cm³/mol. The second-order valence-corrected chi connectivity index (χ2v) is 6.63. The van der Waals surface area contributed by atoms with E-state index in [0.717, 1.165) is 5.56 Å². The molecule has 0 saturated carbocycles. The molecule has 0 amide bonds. The van der Waals surface area contributed by atoms with Crippen molar-refractivity contribution in [1.29, 1.82) is 0 Å². The summed E-state index contributed by atoms with van der Waals surface area (Å²) in [6.07, 6.45) is 1.70. The van der Waals surface area contributed by atoms with Crippen LogP contribution in [0, 0.1) is 0 Å². The lowest BCUT2D eigenvalue weighted by Crippen LogP contribution is -2.39. The van der Waals surface area contributed by atoms with Gasteiger partial charge < -0.3 is 9.67 Å². The van der Waals surface area contributed by atoms with Crippen molar-refractivity contribution in [2.75, 3.05) is 6.61 Å². The van der Waals surface area contributed by atoms with Crippen LogP contribution < -0.4 is 4.72 Å². The third-order valence-corrected chi connectivity index (χ3v) is 4.97. The van der Waals surface area contributed by atoms with Gasteiger partial charge in [-0.1, -0.05) is 41.9 Å². The minimum atomic E-state index is -3.88. The Kier molecular flexibility index (Phi) is 5.00. The van der Waals surface area contributed by atoms with E-state index in [0.29, 0.717) is 6.42 Å². The maximum absolute atomic E-state index is 12.2. The fourth-order valence-electron chi connectivity index (χ4n) is 1.89. The van der Waals surface area contributed by atoms with Gasteiger partial charge in [0.05, 0.1) is 12.9 Å². The number of hydrogen-bond acceptors (Lipinski definition) is 4.